The molecule has 0 bridgehead atoms. The van der Waals surface area contributed by atoms with E-state index in [0.29, 0.717) is 10.2 Å². The number of phenolic OH excluding ortho intramolecular Hbond substituents is 1. The van der Waals surface area contributed by atoms with Crippen LogP contribution in [0.4, 0.5) is 5.69 Å². The van der Waals surface area contributed by atoms with Crippen LogP contribution in [0.5, 0.6) is 11.5 Å². The van der Waals surface area contributed by atoms with Crippen molar-refractivity contribution in [3.8, 4) is 11.5 Å². The number of aromatic hydroxyl groups is 1. The first kappa shape index (κ1) is 17.4. The van der Waals surface area contributed by atoms with Gasteiger partial charge in [0.1, 0.15) is 5.75 Å². The van der Waals surface area contributed by atoms with E-state index >= 15 is 0 Å². The molecule has 0 fully saturated rings. The van der Waals surface area contributed by atoms with Gasteiger partial charge in [0.25, 0.3) is 5.91 Å². The first-order valence-electron chi connectivity index (χ1n) is 6.57. The number of benzene rings is 2. The Morgan fingerprint density at radius 1 is 1.42 bits per heavy atom. The molecule has 24 heavy (non-hydrogen) atoms. The van der Waals surface area contributed by atoms with Gasteiger partial charge in [-0.15, -0.1) is 0 Å². The van der Waals surface area contributed by atoms with Gasteiger partial charge in [-0.2, -0.15) is 5.10 Å². The second-order valence-electron chi connectivity index (χ2n) is 4.52. The Hall–Kier alpha value is -2.94. The highest BCUT2D eigenvalue weighted by molar-refractivity contribution is 9.10. The number of nitrogens with one attached hydrogen (secondary N) is 1. The number of hydrogen-bond acceptors (Lipinski definition) is 6. The number of amides is 1. The number of hydrogen-bond donors (Lipinski definition) is 2. The molecule has 2 aromatic carbocycles. The van der Waals surface area contributed by atoms with E-state index in [4.69, 9.17) is 4.74 Å². The number of hydrazone groups is 1. The molecule has 2 aromatic rings. The molecule has 0 radical (unpaired) electrons. The predicted molar refractivity (Wildman–Crippen MR) is 90.5 cm³/mol. The smallest absolute Gasteiger partial charge is 0.311 e. The van der Waals surface area contributed by atoms with Crippen molar-refractivity contribution in [2.75, 3.05) is 7.11 Å². The second kappa shape index (κ2) is 7.55. The highest BCUT2D eigenvalue weighted by Gasteiger charge is 2.15. The van der Waals surface area contributed by atoms with Gasteiger partial charge in [-0.1, -0.05) is 22.0 Å². The maximum atomic E-state index is 12.1. The van der Waals surface area contributed by atoms with Gasteiger partial charge in [-0.25, -0.2) is 5.43 Å². The summed E-state index contributed by atoms with van der Waals surface area (Å²) in [6.45, 7) is 0. The molecule has 0 aliphatic carbocycles. The molecular weight excluding hydrogens is 382 g/mol. The first-order valence-corrected chi connectivity index (χ1v) is 7.36. The van der Waals surface area contributed by atoms with Crippen molar-refractivity contribution < 1.29 is 19.6 Å². The van der Waals surface area contributed by atoms with Crippen LogP contribution in [0.15, 0.2) is 46.0 Å². The summed E-state index contributed by atoms with van der Waals surface area (Å²) in [5.41, 5.74) is 2.19. The van der Waals surface area contributed by atoms with E-state index < -0.39 is 22.3 Å². The van der Waals surface area contributed by atoms with Crippen molar-refractivity contribution in [1.29, 1.82) is 0 Å². The number of carbonyl (C=O) groups is 1. The lowest BCUT2D eigenvalue weighted by molar-refractivity contribution is -0.385. The van der Waals surface area contributed by atoms with Crippen molar-refractivity contribution in [1.82, 2.24) is 5.43 Å². The third-order valence-corrected chi connectivity index (χ3v) is 3.51. The summed E-state index contributed by atoms with van der Waals surface area (Å²) < 4.78 is 5.79. The summed E-state index contributed by atoms with van der Waals surface area (Å²) in [4.78, 5) is 22.2. The molecule has 0 aliphatic rings. The first-order chi connectivity index (χ1) is 11.4. The molecular formula is C15H12BrN3O5. The summed E-state index contributed by atoms with van der Waals surface area (Å²) in [6.07, 6.45) is 1.12. The van der Waals surface area contributed by atoms with Crippen LogP contribution in [-0.4, -0.2) is 29.3 Å². The van der Waals surface area contributed by atoms with Crippen molar-refractivity contribution in [2.45, 2.75) is 0 Å². The van der Waals surface area contributed by atoms with E-state index in [0.717, 1.165) is 12.3 Å². The van der Waals surface area contributed by atoms with Gasteiger partial charge in [0.2, 0.25) is 5.75 Å². The zero-order chi connectivity index (χ0) is 17.7. The molecule has 0 aromatic heterocycles. The fourth-order valence-electron chi connectivity index (χ4n) is 1.88. The SMILES string of the molecule is COc1ccc(Br)cc1C(=O)N/N=C\c1cccc([N+](=O)[O-])c1O. The summed E-state index contributed by atoms with van der Waals surface area (Å²) in [6, 6.07) is 8.90. The summed E-state index contributed by atoms with van der Waals surface area (Å²) in [5, 5.41) is 24.3. The zero-order valence-electron chi connectivity index (χ0n) is 12.4. The molecule has 0 saturated heterocycles. The van der Waals surface area contributed by atoms with Crippen LogP contribution in [-0.2, 0) is 0 Å². The Labute approximate surface area is 145 Å². The summed E-state index contributed by atoms with van der Waals surface area (Å²) in [7, 11) is 1.43. The van der Waals surface area contributed by atoms with E-state index in [1.165, 1.54) is 19.2 Å². The Morgan fingerprint density at radius 3 is 2.83 bits per heavy atom. The van der Waals surface area contributed by atoms with Crippen LogP contribution in [0.25, 0.3) is 0 Å². The van der Waals surface area contributed by atoms with Gasteiger partial charge < -0.3 is 9.84 Å². The van der Waals surface area contributed by atoms with Crippen molar-refractivity contribution in [2.24, 2.45) is 5.10 Å². The molecule has 0 aliphatic heterocycles. The van der Waals surface area contributed by atoms with Crippen molar-refractivity contribution in [3.63, 3.8) is 0 Å². The number of halogens is 1. The quantitative estimate of drug-likeness (QED) is 0.460. The number of methoxy groups -OCH3 is 1. The lowest BCUT2D eigenvalue weighted by atomic mass is 10.2. The lowest BCUT2D eigenvalue weighted by Crippen LogP contribution is -2.18. The van der Waals surface area contributed by atoms with Gasteiger partial charge in [-0.05, 0) is 24.3 Å². The summed E-state index contributed by atoms with van der Waals surface area (Å²) >= 11 is 3.26. The molecule has 2 N–H and O–H groups in total. The zero-order valence-corrected chi connectivity index (χ0v) is 14.0. The molecule has 0 unspecified atom stereocenters. The van der Waals surface area contributed by atoms with Gasteiger partial charge in [0.05, 0.1) is 23.8 Å². The largest absolute Gasteiger partial charge is 0.502 e. The molecule has 9 heteroatoms. The minimum Gasteiger partial charge on any atom is -0.502 e. The highest BCUT2D eigenvalue weighted by Crippen LogP contribution is 2.28. The van der Waals surface area contributed by atoms with E-state index in [1.54, 1.807) is 18.2 Å². The van der Waals surface area contributed by atoms with E-state index in [-0.39, 0.29) is 11.1 Å². The number of nitro groups is 1. The number of carbonyl (C=O) groups excluding carboxylic acids is 1. The molecule has 0 saturated carbocycles. The van der Waals surface area contributed by atoms with Crippen LogP contribution >= 0.6 is 15.9 Å². The molecule has 8 nitrogen and oxygen atoms in total. The van der Waals surface area contributed by atoms with E-state index in [1.807, 2.05) is 0 Å². The van der Waals surface area contributed by atoms with Gasteiger partial charge in [-0.3, -0.25) is 14.9 Å². The number of phenols is 1. The molecule has 0 spiro atoms. The minimum absolute atomic E-state index is 0.103. The van der Waals surface area contributed by atoms with E-state index in [9.17, 15) is 20.0 Å². The molecule has 0 heterocycles. The van der Waals surface area contributed by atoms with Crippen molar-refractivity contribution >= 4 is 33.7 Å². The minimum atomic E-state index is -0.711. The third-order valence-electron chi connectivity index (χ3n) is 3.02. The highest BCUT2D eigenvalue weighted by atomic mass is 79.9. The molecule has 2 rings (SSSR count). The van der Waals surface area contributed by atoms with Crippen LogP contribution in [0.1, 0.15) is 15.9 Å². The Morgan fingerprint density at radius 2 is 2.17 bits per heavy atom. The second-order valence-corrected chi connectivity index (χ2v) is 5.43. The third kappa shape index (κ3) is 3.87. The fourth-order valence-corrected chi connectivity index (χ4v) is 2.24. The maximum absolute atomic E-state index is 12.1. The monoisotopic (exact) mass is 393 g/mol. The summed E-state index contributed by atoms with van der Waals surface area (Å²) in [5.74, 6) is -0.695. The van der Waals surface area contributed by atoms with Crippen LogP contribution in [0, 0.1) is 10.1 Å². The Bertz CT molecular complexity index is 823. The number of nitrogens with zero attached hydrogens (tertiary/aromatic N) is 2. The normalized spacial score (nSPS) is 10.6. The fraction of sp³-hybridized carbons (Fsp3) is 0.0667. The molecule has 1 amide bonds. The van der Waals surface area contributed by atoms with E-state index in [2.05, 4.69) is 26.5 Å². The lowest BCUT2D eigenvalue weighted by Gasteiger charge is -2.07. The van der Waals surface area contributed by atoms with Crippen LogP contribution in [0.3, 0.4) is 0 Å². The van der Waals surface area contributed by atoms with Gasteiger partial charge in [0.15, 0.2) is 0 Å². The Balaban J connectivity index is 2.18. The number of nitro benzene ring substituents is 1. The number of rotatable bonds is 5. The molecule has 0 atom stereocenters. The Kier molecular flexibility index (Phi) is 5.48. The van der Waals surface area contributed by atoms with Crippen molar-refractivity contribution in [3.05, 3.63) is 62.1 Å². The molecule has 124 valence electrons. The van der Waals surface area contributed by atoms with Crippen LogP contribution < -0.4 is 10.2 Å². The number of ether oxygens (including phenoxy) is 1. The van der Waals surface area contributed by atoms with Gasteiger partial charge in [0, 0.05) is 16.1 Å². The average molecular weight is 394 g/mol. The standard InChI is InChI=1S/C15H12BrN3O5/c1-24-13-6-5-10(16)7-11(13)15(21)18-17-8-9-3-2-4-12(14(9)20)19(22)23/h2-8,20H,1H3,(H,18,21)/b17-8-. The topological polar surface area (TPSA) is 114 Å². The maximum Gasteiger partial charge on any atom is 0.311 e. The van der Waals surface area contributed by atoms with Gasteiger partial charge >= 0.3 is 5.69 Å². The average Bonchev–Trinajstić information content (AvgIpc) is 2.56. The predicted octanol–water partition coefficient (Wildman–Crippen LogP) is 2.84. The number of para-hydroxylation sites is 1. The van der Waals surface area contributed by atoms with Crippen LogP contribution in [0.2, 0.25) is 0 Å².